The van der Waals surface area contributed by atoms with Crippen LogP contribution in [-0.4, -0.2) is 18.5 Å². The Balaban J connectivity index is 2.58. The SMILES string of the molecule is O=S([O-])Cn1cccn1. The fourth-order valence-corrected chi connectivity index (χ4v) is 0.854. The van der Waals surface area contributed by atoms with Crippen molar-refractivity contribution in [3.63, 3.8) is 0 Å². The van der Waals surface area contributed by atoms with Crippen molar-refractivity contribution in [2.24, 2.45) is 0 Å². The second kappa shape index (κ2) is 2.75. The van der Waals surface area contributed by atoms with Gasteiger partial charge in [-0.1, -0.05) is 0 Å². The molecule has 0 fully saturated rings. The molecule has 0 aliphatic heterocycles. The Hall–Kier alpha value is -0.680. The highest BCUT2D eigenvalue weighted by atomic mass is 32.2. The fraction of sp³-hybridized carbons (Fsp3) is 0.250. The van der Waals surface area contributed by atoms with Crippen LogP contribution in [0, 0.1) is 0 Å². The molecule has 0 aliphatic rings. The van der Waals surface area contributed by atoms with E-state index in [9.17, 15) is 8.76 Å². The summed E-state index contributed by atoms with van der Waals surface area (Å²) in [5.74, 6) is -0.0625. The molecule has 1 aromatic heterocycles. The van der Waals surface area contributed by atoms with Crippen molar-refractivity contribution >= 4 is 11.1 Å². The first kappa shape index (κ1) is 6.44. The summed E-state index contributed by atoms with van der Waals surface area (Å²) in [6.07, 6.45) is 3.13. The van der Waals surface area contributed by atoms with E-state index in [0.29, 0.717) is 0 Å². The smallest absolute Gasteiger partial charge is 0.103 e. The van der Waals surface area contributed by atoms with Crippen LogP contribution in [0.25, 0.3) is 0 Å². The quantitative estimate of drug-likeness (QED) is 0.538. The van der Waals surface area contributed by atoms with Gasteiger partial charge in [0.1, 0.15) is 5.88 Å². The molecule has 0 amide bonds. The number of hydrogen-bond acceptors (Lipinski definition) is 3. The van der Waals surface area contributed by atoms with Gasteiger partial charge in [-0.05, 0) is 17.1 Å². The third-order valence-corrected chi connectivity index (χ3v) is 1.27. The van der Waals surface area contributed by atoms with Crippen LogP contribution >= 0.6 is 0 Å². The molecule has 4 nitrogen and oxygen atoms in total. The van der Waals surface area contributed by atoms with Crippen LogP contribution in [0.2, 0.25) is 0 Å². The second-order valence-corrected chi connectivity index (χ2v) is 2.34. The van der Waals surface area contributed by atoms with E-state index in [1.165, 1.54) is 10.9 Å². The van der Waals surface area contributed by atoms with E-state index in [0.717, 1.165) is 0 Å². The fourth-order valence-electron chi connectivity index (χ4n) is 0.485. The van der Waals surface area contributed by atoms with Gasteiger partial charge in [0.05, 0.1) is 0 Å². The Labute approximate surface area is 54.8 Å². The molecule has 0 saturated heterocycles. The van der Waals surface area contributed by atoms with Crippen molar-refractivity contribution < 1.29 is 8.76 Å². The molecule has 1 rings (SSSR count). The van der Waals surface area contributed by atoms with Crippen molar-refractivity contribution in [1.82, 2.24) is 9.78 Å². The molecular formula is C4H5N2O2S-. The summed E-state index contributed by atoms with van der Waals surface area (Å²) in [6.45, 7) is 0. The maximum absolute atomic E-state index is 10.0. The Kier molecular flexibility index (Phi) is 1.96. The van der Waals surface area contributed by atoms with Gasteiger partial charge in [0.15, 0.2) is 0 Å². The number of hydrogen-bond donors (Lipinski definition) is 0. The Bertz CT molecular complexity index is 196. The molecule has 0 aliphatic carbocycles. The molecule has 0 bridgehead atoms. The van der Waals surface area contributed by atoms with Crippen LogP contribution in [0.5, 0.6) is 0 Å². The lowest BCUT2D eigenvalue weighted by molar-refractivity contribution is 0.520. The van der Waals surface area contributed by atoms with E-state index < -0.39 is 11.1 Å². The Morgan fingerprint density at radius 1 is 1.78 bits per heavy atom. The first-order chi connectivity index (χ1) is 4.29. The van der Waals surface area contributed by atoms with Gasteiger partial charge in [-0.2, -0.15) is 5.10 Å². The monoisotopic (exact) mass is 145 g/mol. The molecule has 50 valence electrons. The van der Waals surface area contributed by atoms with Crippen molar-refractivity contribution in [2.75, 3.05) is 0 Å². The summed E-state index contributed by atoms with van der Waals surface area (Å²) >= 11 is -2.04. The van der Waals surface area contributed by atoms with Crippen LogP contribution < -0.4 is 0 Å². The van der Waals surface area contributed by atoms with Gasteiger partial charge in [-0.25, -0.2) is 0 Å². The maximum Gasteiger partial charge on any atom is 0.103 e. The first-order valence-electron chi connectivity index (χ1n) is 2.32. The molecule has 1 heterocycles. The lowest BCUT2D eigenvalue weighted by Gasteiger charge is -2.02. The predicted octanol–water partition coefficient (Wildman–Crippen LogP) is -0.280. The highest BCUT2D eigenvalue weighted by molar-refractivity contribution is 7.78. The van der Waals surface area contributed by atoms with Crippen molar-refractivity contribution in [2.45, 2.75) is 5.88 Å². The van der Waals surface area contributed by atoms with Crippen LogP contribution in [0.15, 0.2) is 18.5 Å². The molecule has 0 spiro atoms. The highest BCUT2D eigenvalue weighted by Crippen LogP contribution is 1.85. The van der Waals surface area contributed by atoms with E-state index in [1.807, 2.05) is 0 Å². The minimum Gasteiger partial charge on any atom is -0.771 e. The van der Waals surface area contributed by atoms with E-state index in [2.05, 4.69) is 5.10 Å². The summed E-state index contributed by atoms with van der Waals surface area (Å²) in [6, 6.07) is 1.67. The molecule has 1 aromatic rings. The minimum atomic E-state index is -2.04. The lowest BCUT2D eigenvalue weighted by atomic mass is 10.8. The largest absolute Gasteiger partial charge is 0.771 e. The molecular weight excluding hydrogens is 140 g/mol. The van der Waals surface area contributed by atoms with Crippen molar-refractivity contribution in [1.29, 1.82) is 0 Å². The van der Waals surface area contributed by atoms with Gasteiger partial charge in [0.25, 0.3) is 0 Å². The zero-order valence-corrected chi connectivity index (χ0v) is 5.37. The van der Waals surface area contributed by atoms with E-state index in [1.54, 1.807) is 12.3 Å². The topological polar surface area (TPSA) is 57.9 Å². The average Bonchev–Trinajstić information content (AvgIpc) is 2.15. The summed E-state index contributed by atoms with van der Waals surface area (Å²) in [5.41, 5.74) is 0. The zero-order valence-electron chi connectivity index (χ0n) is 4.56. The summed E-state index contributed by atoms with van der Waals surface area (Å²) in [5, 5.41) is 3.68. The van der Waals surface area contributed by atoms with Gasteiger partial charge in [0.2, 0.25) is 0 Å². The van der Waals surface area contributed by atoms with Crippen LogP contribution in [0.3, 0.4) is 0 Å². The van der Waals surface area contributed by atoms with Gasteiger partial charge in [-0.15, -0.1) is 0 Å². The van der Waals surface area contributed by atoms with Gasteiger partial charge in [0, 0.05) is 12.4 Å². The van der Waals surface area contributed by atoms with Crippen molar-refractivity contribution in [3.05, 3.63) is 18.5 Å². The summed E-state index contributed by atoms with van der Waals surface area (Å²) in [4.78, 5) is 0. The van der Waals surface area contributed by atoms with Crippen LogP contribution in [-0.2, 0) is 17.0 Å². The van der Waals surface area contributed by atoms with Crippen molar-refractivity contribution in [3.8, 4) is 0 Å². The van der Waals surface area contributed by atoms with Gasteiger partial charge in [-0.3, -0.25) is 8.89 Å². The Morgan fingerprint density at radius 2 is 2.56 bits per heavy atom. The molecule has 9 heavy (non-hydrogen) atoms. The molecule has 1 unspecified atom stereocenters. The maximum atomic E-state index is 10.0. The van der Waals surface area contributed by atoms with Gasteiger partial charge >= 0.3 is 0 Å². The molecule has 0 N–H and O–H groups in total. The molecule has 1 atom stereocenters. The number of nitrogens with zero attached hydrogens (tertiary/aromatic N) is 2. The lowest BCUT2D eigenvalue weighted by Crippen LogP contribution is -2.03. The van der Waals surface area contributed by atoms with Crippen LogP contribution in [0.4, 0.5) is 0 Å². The normalized spacial score (nSPS) is 13.4. The minimum absolute atomic E-state index is 0.0625. The average molecular weight is 145 g/mol. The third-order valence-electron chi connectivity index (χ3n) is 0.797. The standard InChI is InChI=1S/C4H6N2O2S/c7-9(8)4-6-3-1-2-5-6/h1-3H,4H2,(H,7,8)/p-1. The van der Waals surface area contributed by atoms with E-state index in [4.69, 9.17) is 0 Å². The van der Waals surface area contributed by atoms with E-state index in [-0.39, 0.29) is 5.88 Å². The molecule has 0 aromatic carbocycles. The predicted molar refractivity (Wildman–Crippen MR) is 31.1 cm³/mol. The summed E-state index contributed by atoms with van der Waals surface area (Å²) in [7, 11) is 0. The summed E-state index contributed by atoms with van der Waals surface area (Å²) < 4.78 is 21.3. The zero-order chi connectivity index (χ0) is 6.69. The first-order valence-corrected chi connectivity index (χ1v) is 3.57. The molecule has 5 heteroatoms. The Morgan fingerprint density at radius 3 is 3.00 bits per heavy atom. The second-order valence-electron chi connectivity index (χ2n) is 1.48. The van der Waals surface area contributed by atoms with Crippen LogP contribution in [0.1, 0.15) is 0 Å². The van der Waals surface area contributed by atoms with E-state index >= 15 is 0 Å². The highest BCUT2D eigenvalue weighted by Gasteiger charge is 1.85. The molecule has 0 radical (unpaired) electrons. The number of rotatable bonds is 2. The third kappa shape index (κ3) is 1.95. The molecule has 0 saturated carbocycles. The van der Waals surface area contributed by atoms with Gasteiger partial charge < -0.3 is 4.55 Å². The number of aromatic nitrogens is 2.